The van der Waals surface area contributed by atoms with E-state index in [1.165, 1.54) is 0 Å². The van der Waals surface area contributed by atoms with E-state index in [0.717, 1.165) is 38.5 Å². The summed E-state index contributed by atoms with van der Waals surface area (Å²) in [7, 11) is 0. The first-order valence-corrected chi connectivity index (χ1v) is 8.81. The molecule has 4 atom stereocenters. The molecule has 2 rings (SSSR count). The quantitative estimate of drug-likeness (QED) is 0.726. The minimum Gasteiger partial charge on any atom is -0.463 e. The molecule has 4 unspecified atom stereocenters. The van der Waals surface area contributed by atoms with Crippen LogP contribution in [0.4, 0.5) is 0 Å². The van der Waals surface area contributed by atoms with E-state index in [9.17, 15) is 9.59 Å². The van der Waals surface area contributed by atoms with Crippen LogP contribution in [0.2, 0.25) is 0 Å². The maximum atomic E-state index is 12.3. The van der Waals surface area contributed by atoms with E-state index in [1.807, 2.05) is 27.7 Å². The van der Waals surface area contributed by atoms with Crippen LogP contribution in [0.25, 0.3) is 0 Å². The van der Waals surface area contributed by atoms with Crippen molar-refractivity contribution in [1.29, 1.82) is 0 Å². The molecule has 0 heterocycles. The van der Waals surface area contributed by atoms with Gasteiger partial charge in [-0.2, -0.15) is 0 Å². The summed E-state index contributed by atoms with van der Waals surface area (Å²) in [5, 5.41) is 0. The smallest absolute Gasteiger partial charge is 0.309 e. The SMILES string of the molecule is CC(C)OC(=O)C1CCCC1C1CCCC1C(=O)OC(C)C. The number of carbonyl (C=O) groups is 2. The van der Waals surface area contributed by atoms with E-state index in [-0.39, 0.29) is 36.0 Å². The third-order valence-electron chi connectivity index (χ3n) is 5.00. The lowest BCUT2D eigenvalue weighted by Crippen LogP contribution is -2.33. The summed E-state index contributed by atoms with van der Waals surface area (Å²) in [4.78, 5) is 24.7. The van der Waals surface area contributed by atoms with Gasteiger partial charge in [-0.25, -0.2) is 0 Å². The lowest BCUT2D eigenvalue weighted by atomic mass is 9.78. The van der Waals surface area contributed by atoms with E-state index in [0.29, 0.717) is 11.8 Å². The summed E-state index contributed by atoms with van der Waals surface area (Å²) in [6.07, 6.45) is 5.85. The summed E-state index contributed by atoms with van der Waals surface area (Å²) in [6.45, 7) is 7.56. The van der Waals surface area contributed by atoms with Gasteiger partial charge >= 0.3 is 11.9 Å². The van der Waals surface area contributed by atoms with Crippen LogP contribution >= 0.6 is 0 Å². The lowest BCUT2D eigenvalue weighted by molar-refractivity contribution is -0.159. The van der Waals surface area contributed by atoms with Gasteiger partial charge in [0.2, 0.25) is 0 Å². The van der Waals surface area contributed by atoms with Crippen LogP contribution in [0.1, 0.15) is 66.2 Å². The molecular weight excluding hydrogens is 280 g/mol. The molecular formula is C18H30O4. The average molecular weight is 310 g/mol. The van der Waals surface area contributed by atoms with Crippen molar-refractivity contribution in [3.05, 3.63) is 0 Å². The third kappa shape index (κ3) is 4.02. The molecule has 0 saturated heterocycles. The highest BCUT2D eigenvalue weighted by Gasteiger charge is 2.46. The summed E-state index contributed by atoms with van der Waals surface area (Å²) in [5.74, 6) is 0.386. The fourth-order valence-electron chi connectivity index (χ4n) is 4.23. The molecule has 126 valence electrons. The predicted molar refractivity (Wildman–Crippen MR) is 84.1 cm³/mol. The molecule has 2 saturated carbocycles. The molecule has 0 aromatic rings. The highest BCUT2D eigenvalue weighted by atomic mass is 16.5. The number of esters is 2. The minimum absolute atomic E-state index is 0.0279. The molecule has 0 amide bonds. The molecule has 0 radical (unpaired) electrons. The van der Waals surface area contributed by atoms with Crippen molar-refractivity contribution in [1.82, 2.24) is 0 Å². The number of rotatable bonds is 5. The second kappa shape index (κ2) is 7.47. The summed E-state index contributed by atoms with van der Waals surface area (Å²) in [6, 6.07) is 0. The third-order valence-corrected chi connectivity index (χ3v) is 5.00. The Balaban J connectivity index is 2.04. The molecule has 0 aromatic heterocycles. The molecule has 0 spiro atoms. The Morgan fingerprint density at radius 2 is 1.09 bits per heavy atom. The molecule has 0 bridgehead atoms. The Labute approximate surface area is 133 Å². The fourth-order valence-corrected chi connectivity index (χ4v) is 4.23. The van der Waals surface area contributed by atoms with Gasteiger partial charge < -0.3 is 9.47 Å². The van der Waals surface area contributed by atoms with Crippen LogP contribution in [0.3, 0.4) is 0 Å². The van der Waals surface area contributed by atoms with Crippen LogP contribution < -0.4 is 0 Å². The zero-order valence-electron chi connectivity index (χ0n) is 14.3. The topological polar surface area (TPSA) is 52.6 Å². The van der Waals surface area contributed by atoms with Crippen molar-refractivity contribution in [2.45, 2.75) is 78.4 Å². The van der Waals surface area contributed by atoms with Crippen molar-refractivity contribution >= 4 is 11.9 Å². The molecule has 4 heteroatoms. The maximum absolute atomic E-state index is 12.3. The van der Waals surface area contributed by atoms with Crippen molar-refractivity contribution < 1.29 is 19.1 Å². The maximum Gasteiger partial charge on any atom is 0.309 e. The number of hydrogen-bond donors (Lipinski definition) is 0. The molecule has 2 fully saturated rings. The fraction of sp³-hybridized carbons (Fsp3) is 0.889. The standard InChI is InChI=1S/C18H30O4/c1-11(2)21-17(19)15-9-5-7-13(15)14-8-6-10-16(14)18(20)22-12(3)4/h11-16H,5-10H2,1-4H3. The van der Waals surface area contributed by atoms with Crippen LogP contribution in [0, 0.1) is 23.7 Å². The summed E-state index contributed by atoms with van der Waals surface area (Å²) < 4.78 is 10.9. The number of ether oxygens (including phenoxy) is 2. The molecule has 2 aliphatic rings. The lowest BCUT2D eigenvalue weighted by Gasteiger charge is -2.29. The molecule has 4 nitrogen and oxygen atoms in total. The van der Waals surface area contributed by atoms with Gasteiger partial charge in [-0.05, 0) is 65.2 Å². The highest BCUT2D eigenvalue weighted by molar-refractivity contribution is 5.75. The van der Waals surface area contributed by atoms with Crippen LogP contribution in [0.5, 0.6) is 0 Å². The number of hydrogen-bond acceptors (Lipinski definition) is 4. The Morgan fingerprint density at radius 1 is 0.727 bits per heavy atom. The first-order chi connectivity index (χ1) is 10.4. The average Bonchev–Trinajstić information content (AvgIpc) is 3.05. The van der Waals surface area contributed by atoms with Gasteiger partial charge in [0.15, 0.2) is 0 Å². The van der Waals surface area contributed by atoms with Gasteiger partial charge in [0.05, 0.1) is 24.0 Å². The van der Waals surface area contributed by atoms with Crippen molar-refractivity contribution in [3.63, 3.8) is 0 Å². The molecule has 0 N–H and O–H groups in total. The van der Waals surface area contributed by atoms with E-state index in [2.05, 4.69) is 0 Å². The predicted octanol–water partition coefficient (Wildman–Crippen LogP) is 3.72. The largest absolute Gasteiger partial charge is 0.463 e. The van der Waals surface area contributed by atoms with Gasteiger partial charge in [0.1, 0.15) is 0 Å². The first kappa shape index (κ1) is 17.3. The zero-order chi connectivity index (χ0) is 16.3. The monoisotopic (exact) mass is 310 g/mol. The highest BCUT2D eigenvalue weighted by Crippen LogP contribution is 2.47. The van der Waals surface area contributed by atoms with E-state index in [4.69, 9.17) is 9.47 Å². The Bertz CT molecular complexity index is 364. The van der Waals surface area contributed by atoms with Gasteiger partial charge in [-0.3, -0.25) is 9.59 Å². The second-order valence-corrected chi connectivity index (χ2v) is 7.37. The molecule has 22 heavy (non-hydrogen) atoms. The Hall–Kier alpha value is -1.06. The first-order valence-electron chi connectivity index (χ1n) is 8.81. The number of carbonyl (C=O) groups excluding carboxylic acids is 2. The van der Waals surface area contributed by atoms with E-state index >= 15 is 0 Å². The Kier molecular flexibility index (Phi) is 5.87. The van der Waals surface area contributed by atoms with Gasteiger partial charge in [-0.15, -0.1) is 0 Å². The molecule has 0 aromatic carbocycles. The normalized spacial score (nSPS) is 31.7. The summed E-state index contributed by atoms with van der Waals surface area (Å²) in [5.41, 5.74) is 0. The molecule has 0 aliphatic heterocycles. The van der Waals surface area contributed by atoms with Gasteiger partial charge in [0, 0.05) is 0 Å². The Morgan fingerprint density at radius 3 is 1.41 bits per heavy atom. The van der Waals surface area contributed by atoms with Gasteiger partial charge in [-0.1, -0.05) is 12.8 Å². The van der Waals surface area contributed by atoms with Crippen molar-refractivity contribution in [3.8, 4) is 0 Å². The summed E-state index contributed by atoms with van der Waals surface area (Å²) >= 11 is 0. The van der Waals surface area contributed by atoms with Crippen molar-refractivity contribution in [2.75, 3.05) is 0 Å². The second-order valence-electron chi connectivity index (χ2n) is 7.37. The van der Waals surface area contributed by atoms with Gasteiger partial charge in [0.25, 0.3) is 0 Å². The zero-order valence-corrected chi connectivity index (χ0v) is 14.3. The van der Waals surface area contributed by atoms with Crippen LogP contribution in [0.15, 0.2) is 0 Å². The van der Waals surface area contributed by atoms with E-state index in [1.54, 1.807) is 0 Å². The van der Waals surface area contributed by atoms with E-state index < -0.39 is 0 Å². The minimum atomic E-state index is -0.0703. The van der Waals surface area contributed by atoms with Crippen LogP contribution in [-0.4, -0.2) is 24.1 Å². The van der Waals surface area contributed by atoms with Crippen LogP contribution in [-0.2, 0) is 19.1 Å². The van der Waals surface area contributed by atoms with Crippen molar-refractivity contribution in [2.24, 2.45) is 23.7 Å². The molecule has 2 aliphatic carbocycles.